The molecule has 4 N–H and O–H groups in total. The molecule has 0 aromatic rings. The summed E-state index contributed by atoms with van der Waals surface area (Å²) >= 11 is 0. The lowest BCUT2D eigenvalue weighted by atomic mass is 9.39. The maximum absolute atomic E-state index is 12.2. The summed E-state index contributed by atoms with van der Waals surface area (Å²) in [6, 6.07) is 0. The standard InChI is InChI=1S/C20H30O6/c1-17-6-5-14(21)18(2,15(22)23)13(17)4-3-11-9-12-10-19(11,17)7-8-20(12,26)16(24)25/h11-14,21,26H,3-10H2,1-2H3,(H,22,23)(H,24,25). The van der Waals surface area contributed by atoms with Gasteiger partial charge in [0.2, 0.25) is 0 Å². The van der Waals surface area contributed by atoms with Crippen LogP contribution in [0.3, 0.4) is 0 Å². The van der Waals surface area contributed by atoms with E-state index in [0.29, 0.717) is 25.2 Å². The Morgan fingerprint density at radius 3 is 2.23 bits per heavy atom. The smallest absolute Gasteiger partial charge is 0.335 e. The Morgan fingerprint density at radius 1 is 0.923 bits per heavy atom. The number of fused-ring (bicyclic) bond motifs is 2. The number of aliphatic hydroxyl groups excluding tert-OH is 1. The third-order valence-corrected chi connectivity index (χ3v) is 9.48. The number of carbonyl (C=O) groups is 2. The third kappa shape index (κ3) is 1.85. The number of hydrogen-bond donors (Lipinski definition) is 4. The molecule has 0 radical (unpaired) electrons. The number of aliphatic hydroxyl groups is 2. The minimum atomic E-state index is -1.64. The molecule has 6 heteroatoms. The molecule has 146 valence electrons. The van der Waals surface area contributed by atoms with Gasteiger partial charge in [-0.25, -0.2) is 4.79 Å². The molecule has 0 amide bonds. The maximum atomic E-state index is 12.2. The highest BCUT2D eigenvalue weighted by atomic mass is 16.4. The van der Waals surface area contributed by atoms with E-state index in [0.717, 1.165) is 25.7 Å². The van der Waals surface area contributed by atoms with Crippen LogP contribution in [0, 0.1) is 34.0 Å². The number of aliphatic carboxylic acids is 2. The van der Waals surface area contributed by atoms with Gasteiger partial charge in [0.25, 0.3) is 0 Å². The summed E-state index contributed by atoms with van der Waals surface area (Å²) in [5, 5.41) is 40.9. The molecule has 4 fully saturated rings. The van der Waals surface area contributed by atoms with E-state index in [1.807, 2.05) is 0 Å². The van der Waals surface area contributed by atoms with E-state index >= 15 is 0 Å². The lowest BCUT2D eigenvalue weighted by Crippen LogP contribution is -2.64. The summed E-state index contributed by atoms with van der Waals surface area (Å²) in [5.41, 5.74) is -3.15. The highest BCUT2D eigenvalue weighted by Crippen LogP contribution is 2.75. The molecule has 2 bridgehead atoms. The van der Waals surface area contributed by atoms with E-state index in [1.54, 1.807) is 6.92 Å². The largest absolute Gasteiger partial charge is 0.481 e. The molecule has 8 atom stereocenters. The van der Waals surface area contributed by atoms with Crippen LogP contribution in [0.1, 0.15) is 65.2 Å². The number of hydrogen-bond acceptors (Lipinski definition) is 4. The second-order valence-electron chi connectivity index (χ2n) is 9.91. The van der Waals surface area contributed by atoms with Crippen LogP contribution in [0.4, 0.5) is 0 Å². The van der Waals surface area contributed by atoms with E-state index in [4.69, 9.17) is 0 Å². The molecule has 4 saturated carbocycles. The number of rotatable bonds is 2. The third-order valence-electron chi connectivity index (χ3n) is 9.48. The Bertz CT molecular complexity index is 663. The average molecular weight is 366 g/mol. The molecule has 0 aliphatic heterocycles. The molecule has 4 aliphatic carbocycles. The van der Waals surface area contributed by atoms with Crippen molar-refractivity contribution >= 4 is 11.9 Å². The Kier molecular flexibility index (Phi) is 3.66. The van der Waals surface area contributed by atoms with E-state index in [1.165, 1.54) is 0 Å². The number of carboxylic acid groups (broad SMARTS) is 2. The van der Waals surface area contributed by atoms with Gasteiger partial charge in [-0.05, 0) is 86.9 Å². The zero-order chi connectivity index (χ0) is 19.1. The van der Waals surface area contributed by atoms with Gasteiger partial charge in [-0.3, -0.25) is 4.79 Å². The van der Waals surface area contributed by atoms with Crippen LogP contribution in [0.15, 0.2) is 0 Å². The predicted molar refractivity (Wildman–Crippen MR) is 92.3 cm³/mol. The van der Waals surface area contributed by atoms with E-state index < -0.39 is 29.1 Å². The van der Waals surface area contributed by atoms with Gasteiger partial charge in [0.1, 0.15) is 0 Å². The van der Waals surface area contributed by atoms with Gasteiger partial charge in [-0.2, -0.15) is 0 Å². The predicted octanol–water partition coefficient (Wildman–Crippen LogP) is 2.27. The summed E-state index contributed by atoms with van der Waals surface area (Å²) in [4.78, 5) is 23.9. The van der Waals surface area contributed by atoms with Gasteiger partial charge in [0, 0.05) is 0 Å². The van der Waals surface area contributed by atoms with Crippen molar-refractivity contribution in [3.05, 3.63) is 0 Å². The van der Waals surface area contributed by atoms with Crippen molar-refractivity contribution in [3.8, 4) is 0 Å². The first-order valence-corrected chi connectivity index (χ1v) is 9.89. The van der Waals surface area contributed by atoms with Gasteiger partial charge in [0.15, 0.2) is 5.60 Å². The molecule has 0 heterocycles. The molecular formula is C20H30O6. The van der Waals surface area contributed by atoms with Crippen molar-refractivity contribution in [2.45, 2.75) is 76.9 Å². The first kappa shape index (κ1) is 18.2. The highest BCUT2D eigenvalue weighted by molar-refractivity contribution is 5.78. The molecule has 4 aliphatic rings. The SMILES string of the molecule is CC1(C(=O)O)C(O)CCC2(C)C1CCC1CC3CC12CCC3(O)C(=O)O. The summed E-state index contributed by atoms with van der Waals surface area (Å²) in [6.45, 7) is 3.88. The molecule has 0 saturated heterocycles. The summed E-state index contributed by atoms with van der Waals surface area (Å²) in [7, 11) is 0. The van der Waals surface area contributed by atoms with Crippen molar-refractivity contribution in [2.75, 3.05) is 0 Å². The van der Waals surface area contributed by atoms with Crippen LogP contribution in [0.2, 0.25) is 0 Å². The second-order valence-corrected chi connectivity index (χ2v) is 9.91. The number of carboxylic acids is 2. The molecule has 26 heavy (non-hydrogen) atoms. The Balaban J connectivity index is 1.77. The van der Waals surface area contributed by atoms with Crippen LogP contribution in [-0.2, 0) is 9.59 Å². The van der Waals surface area contributed by atoms with Crippen LogP contribution >= 0.6 is 0 Å². The lowest BCUT2D eigenvalue weighted by Gasteiger charge is -2.65. The van der Waals surface area contributed by atoms with Crippen molar-refractivity contribution in [2.24, 2.45) is 34.0 Å². The van der Waals surface area contributed by atoms with Gasteiger partial charge in [0.05, 0.1) is 11.5 Å². The fraction of sp³-hybridized carbons (Fsp3) is 0.900. The normalized spacial score (nSPS) is 55.7. The van der Waals surface area contributed by atoms with Gasteiger partial charge in [-0.15, -0.1) is 0 Å². The molecular weight excluding hydrogens is 336 g/mol. The second kappa shape index (κ2) is 5.22. The first-order valence-electron chi connectivity index (χ1n) is 9.89. The summed E-state index contributed by atoms with van der Waals surface area (Å²) in [5.74, 6) is -2.08. The van der Waals surface area contributed by atoms with Crippen LogP contribution in [0.5, 0.6) is 0 Å². The molecule has 1 spiro atoms. The minimum absolute atomic E-state index is 0.112. The van der Waals surface area contributed by atoms with Crippen LogP contribution in [0.25, 0.3) is 0 Å². The highest BCUT2D eigenvalue weighted by Gasteiger charge is 2.72. The van der Waals surface area contributed by atoms with Gasteiger partial charge >= 0.3 is 11.9 Å². The van der Waals surface area contributed by atoms with Crippen LogP contribution in [-0.4, -0.2) is 44.1 Å². The summed E-state index contributed by atoms with van der Waals surface area (Å²) < 4.78 is 0. The van der Waals surface area contributed by atoms with Crippen molar-refractivity contribution in [3.63, 3.8) is 0 Å². The Morgan fingerprint density at radius 2 is 1.62 bits per heavy atom. The van der Waals surface area contributed by atoms with Crippen molar-refractivity contribution < 1.29 is 30.0 Å². The Hall–Kier alpha value is -1.14. The molecule has 6 nitrogen and oxygen atoms in total. The fourth-order valence-corrected chi connectivity index (χ4v) is 7.89. The zero-order valence-electron chi connectivity index (χ0n) is 15.6. The monoisotopic (exact) mass is 366 g/mol. The van der Waals surface area contributed by atoms with E-state index in [2.05, 4.69) is 6.92 Å². The minimum Gasteiger partial charge on any atom is -0.481 e. The first-order chi connectivity index (χ1) is 12.0. The zero-order valence-corrected chi connectivity index (χ0v) is 15.6. The molecule has 4 rings (SSSR count). The topological polar surface area (TPSA) is 115 Å². The molecule has 8 unspecified atom stereocenters. The summed E-state index contributed by atoms with van der Waals surface area (Å²) in [6.07, 6.45) is 4.28. The average Bonchev–Trinajstić information content (AvgIpc) is 2.92. The molecule has 0 aromatic heterocycles. The van der Waals surface area contributed by atoms with Crippen molar-refractivity contribution in [1.29, 1.82) is 0 Å². The van der Waals surface area contributed by atoms with Crippen LogP contribution < -0.4 is 0 Å². The quantitative estimate of drug-likeness (QED) is 0.596. The van der Waals surface area contributed by atoms with E-state index in [-0.39, 0.29) is 29.1 Å². The Labute approximate surface area is 153 Å². The van der Waals surface area contributed by atoms with E-state index in [9.17, 15) is 30.0 Å². The molecule has 0 aromatic carbocycles. The fourth-order valence-electron chi connectivity index (χ4n) is 7.89. The van der Waals surface area contributed by atoms with Gasteiger partial charge < -0.3 is 20.4 Å². The van der Waals surface area contributed by atoms with Crippen molar-refractivity contribution in [1.82, 2.24) is 0 Å². The van der Waals surface area contributed by atoms with Gasteiger partial charge in [-0.1, -0.05) is 6.92 Å². The maximum Gasteiger partial charge on any atom is 0.335 e. The lowest BCUT2D eigenvalue weighted by molar-refractivity contribution is -0.217.